The van der Waals surface area contributed by atoms with Crippen molar-refractivity contribution in [3.8, 4) is 4.97 Å². The van der Waals surface area contributed by atoms with Crippen molar-refractivity contribution < 1.29 is 0 Å². The van der Waals surface area contributed by atoms with Crippen molar-refractivity contribution in [1.82, 2.24) is 0 Å². The van der Waals surface area contributed by atoms with E-state index in [1.807, 2.05) is 24.3 Å². The van der Waals surface area contributed by atoms with Crippen molar-refractivity contribution in [1.29, 1.82) is 5.26 Å². The summed E-state index contributed by atoms with van der Waals surface area (Å²) in [5, 5.41) is 15.4. The number of fused-ring (bicyclic) bond motifs is 1. The van der Waals surface area contributed by atoms with Crippen molar-refractivity contribution in [2.75, 3.05) is 6.54 Å². The zero-order chi connectivity index (χ0) is 40.8. The Labute approximate surface area is 429 Å². The van der Waals surface area contributed by atoms with Crippen molar-refractivity contribution in [2.45, 2.75) is 24.0 Å². The molecule has 0 aliphatic rings. The number of hydrogen-bond acceptors (Lipinski definition) is 3. The van der Waals surface area contributed by atoms with Crippen LogP contribution in [0.3, 0.4) is 0 Å². The molecule has 0 radical (unpaired) electrons. The summed E-state index contributed by atoms with van der Waals surface area (Å²) >= 11 is 7.47. The van der Waals surface area contributed by atoms with Gasteiger partial charge in [-0.05, 0) is 0 Å². The Bertz CT molecular complexity index is 2150. The summed E-state index contributed by atoms with van der Waals surface area (Å²) in [6.45, 7) is 9.52. The molecule has 7 aromatic rings. The van der Waals surface area contributed by atoms with Crippen molar-refractivity contribution >= 4 is 199 Å². The Morgan fingerprint density at radius 2 is 1.07 bits per heavy atom. The summed E-state index contributed by atoms with van der Waals surface area (Å²) in [5.41, 5.74) is -1.24. The molecule has 0 saturated heterocycles. The molecular weight excluding hydrogens is 1310 g/mol. The average molecular weight is 1350 g/mol. The summed E-state index contributed by atoms with van der Waals surface area (Å²) in [7, 11) is 1.69. The van der Waals surface area contributed by atoms with E-state index in [2.05, 4.69) is 183 Å². The minimum atomic E-state index is -1.65. The van der Waals surface area contributed by atoms with Gasteiger partial charge in [-0.2, -0.15) is 0 Å². The topological polar surface area (TPSA) is 45.2 Å². The second-order valence-corrected chi connectivity index (χ2v) is 39.7. The summed E-state index contributed by atoms with van der Waals surface area (Å²) < 4.78 is 4.49. The van der Waals surface area contributed by atoms with Gasteiger partial charge in [-0.25, -0.2) is 0 Å². The molecule has 6 aromatic carbocycles. The van der Waals surface area contributed by atoms with Gasteiger partial charge < -0.3 is 0 Å². The molecule has 294 valence electrons. The summed E-state index contributed by atoms with van der Waals surface area (Å²) in [4.78, 5) is 16.5. The summed E-state index contributed by atoms with van der Waals surface area (Å²) in [6, 6.07) is 61.6. The molecule has 58 heavy (non-hydrogen) atoms. The zero-order valence-corrected chi connectivity index (χ0v) is 51.0. The maximum atomic E-state index is 11.1. The molecule has 0 saturated carbocycles. The van der Waals surface area contributed by atoms with E-state index >= 15 is 0 Å². The standard InChI is InChI=1S/C18H15PSe.C12H10Se2.C7H4OSSe.C6H11NSe2.CHNSe.K.H2Se/c20-19(16-10-4-1-5-11-16,17-12-6-2-7-13-17)18-14-8-3-9-15-18;1-3-7-11(8-4-1)13-14-12-9-5-2-6-10-12;8-7-5-3-1-2-4-6(5)9-10-7;1-3-5-8-9-6-4-7-2;2-1-3;;/h1-15H;1-10H;1-4H;3-6H2,1H3;3H;;1H2/q;;;;;+1;/p-1. The van der Waals surface area contributed by atoms with Gasteiger partial charge >= 0.3 is 436 Å². The molecule has 0 fully saturated rings. The molecule has 1 aromatic heterocycles. The fraction of sp³-hybridized carbons (Fsp3) is 0.114. The van der Waals surface area contributed by atoms with E-state index in [0.29, 0.717) is 36.2 Å². The predicted molar refractivity (Wildman–Crippen MR) is 268 cm³/mol. The predicted octanol–water partition coefficient (Wildman–Crippen LogP) is 5.16. The Hall–Kier alpha value is 0.412. The van der Waals surface area contributed by atoms with Crippen LogP contribution < -0.4 is 29.1 Å². The molecule has 0 atom stereocenters. The number of nitrogens with zero attached hydrogens (tertiary/aromatic N) is 2. The third-order valence-corrected chi connectivity index (χ3v) is 34.9. The van der Waals surface area contributed by atoms with Gasteiger partial charge in [0.15, 0.2) is 0 Å². The van der Waals surface area contributed by atoms with Crippen LogP contribution in [0.15, 0.2) is 181 Å². The van der Waals surface area contributed by atoms with Gasteiger partial charge in [0.05, 0.1) is 0 Å². The third-order valence-electron chi connectivity index (χ3n) is 7.14. The Morgan fingerprint density at radius 3 is 1.45 bits per heavy atom. The zero-order valence-electron chi connectivity index (χ0n) is 32.1. The molecule has 0 unspecified atom stereocenters. The molecule has 0 bridgehead atoms. The van der Waals surface area contributed by atoms with Gasteiger partial charge in [0, 0.05) is 0 Å². The molecule has 14 heteroatoms. The summed E-state index contributed by atoms with van der Waals surface area (Å²) in [5.74, 6) is 0. The summed E-state index contributed by atoms with van der Waals surface area (Å²) in [6.07, 6.45) is 1.33. The molecule has 0 N–H and O–H groups in total. The van der Waals surface area contributed by atoms with Crippen LogP contribution in [0.5, 0.6) is 0 Å². The molecule has 0 aliphatic carbocycles. The first kappa shape index (κ1) is 54.5. The van der Waals surface area contributed by atoms with Crippen molar-refractivity contribution in [3.05, 3.63) is 196 Å². The number of hydrogen-bond donors (Lipinski definition) is 0. The van der Waals surface area contributed by atoms with E-state index in [4.69, 9.17) is 11.8 Å². The fourth-order valence-electron chi connectivity index (χ4n) is 4.53. The number of rotatable bonds is 11. The third kappa shape index (κ3) is 21.2. The quantitative estimate of drug-likeness (QED) is 0.0780. The van der Waals surface area contributed by atoms with Crippen molar-refractivity contribution in [3.63, 3.8) is 0 Å². The molecular formula is C44H42KN2OPSSe8. The molecule has 7 rings (SSSR count). The first-order valence-electron chi connectivity index (χ1n) is 17.7. The maximum absolute atomic E-state index is 11.1. The van der Waals surface area contributed by atoms with E-state index in [1.54, 1.807) is 9.72 Å². The van der Waals surface area contributed by atoms with Gasteiger partial charge in [0.2, 0.25) is 0 Å². The Balaban J connectivity index is 0.000000269. The van der Waals surface area contributed by atoms with Crippen LogP contribution >= 0.6 is 15.2 Å². The second-order valence-electron chi connectivity index (χ2n) is 11.2. The normalized spacial score (nSPS) is 9.81. The molecule has 1 heterocycles. The van der Waals surface area contributed by atoms with Crippen LogP contribution in [0, 0.1) is 16.8 Å². The molecule has 0 aliphatic heterocycles. The second kappa shape index (κ2) is 34.8. The van der Waals surface area contributed by atoms with Crippen LogP contribution in [-0.4, -0.2) is 156 Å². The van der Waals surface area contributed by atoms with Crippen LogP contribution in [0.1, 0.15) is 13.3 Å². The molecule has 3 nitrogen and oxygen atoms in total. The van der Waals surface area contributed by atoms with E-state index in [9.17, 15) is 4.79 Å². The molecule has 0 amide bonds. The van der Waals surface area contributed by atoms with Gasteiger partial charge in [-0.3, -0.25) is 0 Å². The minimum absolute atomic E-state index is 0. The average Bonchev–Trinajstić information content (AvgIpc) is 3.68. The van der Waals surface area contributed by atoms with Gasteiger partial charge in [-0.1, -0.05) is 0 Å². The van der Waals surface area contributed by atoms with Crippen molar-refractivity contribution in [2.24, 2.45) is 0 Å². The van der Waals surface area contributed by atoms with E-state index in [-0.39, 0.29) is 30.4 Å². The van der Waals surface area contributed by atoms with E-state index in [0.717, 1.165) is 88.3 Å². The number of benzene rings is 6. The SMILES string of the molecule is N#C[Se][K].O=c1[se]sc2ccccc12.[C-]#[N+]CC[Se][Se]CCC.[SeH2].[Se]=P(c1ccccc1)(c1ccccc1)c1ccccc1.c1ccc([Se][Se]c2ccccc2)cc1. The molecule has 0 spiro atoms. The van der Waals surface area contributed by atoms with E-state index < -0.39 is 5.51 Å². The monoisotopic (exact) mass is 1360 g/mol. The Morgan fingerprint density at radius 1 is 0.690 bits per heavy atom. The van der Waals surface area contributed by atoms with Crippen LogP contribution in [0.4, 0.5) is 0 Å². The van der Waals surface area contributed by atoms with E-state index in [1.165, 1.54) is 41.9 Å². The van der Waals surface area contributed by atoms with Gasteiger partial charge in [0.1, 0.15) is 0 Å². The first-order chi connectivity index (χ1) is 28.0. The van der Waals surface area contributed by atoms with Gasteiger partial charge in [-0.15, -0.1) is 0 Å². The number of nitriles is 1. The van der Waals surface area contributed by atoms with Crippen LogP contribution in [0.2, 0.25) is 10.6 Å². The van der Waals surface area contributed by atoms with Crippen LogP contribution in [0.25, 0.3) is 14.9 Å². The Kier molecular flexibility index (Phi) is 32.8. The van der Waals surface area contributed by atoms with Crippen LogP contribution in [-0.2, 0) is 0 Å². The first-order valence-corrected chi connectivity index (χ1v) is 47.4. The van der Waals surface area contributed by atoms with Gasteiger partial charge in [0.25, 0.3) is 0 Å². The fourth-order valence-corrected chi connectivity index (χ4v) is 25.6.